The Morgan fingerprint density at radius 1 is 1.02 bits per heavy atom. The first-order valence-electron chi connectivity index (χ1n) is 16.2. The van der Waals surface area contributed by atoms with E-state index in [-0.39, 0.29) is 35.3 Å². The molecule has 46 heavy (non-hydrogen) atoms. The molecule has 5 atom stereocenters. The van der Waals surface area contributed by atoms with E-state index in [0.29, 0.717) is 23.1 Å². The van der Waals surface area contributed by atoms with E-state index in [2.05, 4.69) is 21.9 Å². The maximum Gasteiger partial charge on any atom is 0.338 e. The summed E-state index contributed by atoms with van der Waals surface area (Å²) in [4.78, 5) is 25.1. The van der Waals surface area contributed by atoms with Crippen LogP contribution in [0, 0.1) is 0 Å². The van der Waals surface area contributed by atoms with Crippen molar-refractivity contribution in [1.82, 2.24) is 19.5 Å². The van der Waals surface area contributed by atoms with Crippen molar-refractivity contribution in [1.29, 1.82) is 0 Å². The maximum atomic E-state index is 12.4. The van der Waals surface area contributed by atoms with Gasteiger partial charge in [0.1, 0.15) is 37.0 Å². The second-order valence-electron chi connectivity index (χ2n) is 11.5. The number of hydrogen-bond donors (Lipinski definition) is 5. The summed E-state index contributed by atoms with van der Waals surface area (Å²) < 4.78 is 18.3. The van der Waals surface area contributed by atoms with Crippen molar-refractivity contribution in [2.45, 2.75) is 107 Å². The van der Waals surface area contributed by atoms with Gasteiger partial charge in [-0.25, -0.2) is 19.7 Å². The zero-order valence-electron chi connectivity index (χ0n) is 26.4. The standard InChI is InChI=1S/C32H47N5O8S/c1-2-3-4-5-6-7-8-9-10-11-16-43-31(42)21-12-14-23(15-13-21)44-18-22(39)19-46-32-36-25-28(33)34-20-35-29(25)37(32)30-27(41)26(40)24(17-38)45-30/h12-15,20,22,24,26-27,30,38-41H,2-11,16-19H2,1H3,(H2,33,34,35)/t22?,24-,26-,27-,30-/m1/s1. The van der Waals surface area contributed by atoms with E-state index in [4.69, 9.17) is 19.9 Å². The Morgan fingerprint density at radius 2 is 1.70 bits per heavy atom. The first kappa shape index (κ1) is 35.8. The summed E-state index contributed by atoms with van der Waals surface area (Å²) in [6.45, 7) is 2.11. The number of aliphatic hydroxyl groups is 4. The average Bonchev–Trinajstić information content (AvgIpc) is 3.58. The molecule has 1 aliphatic heterocycles. The lowest BCUT2D eigenvalue weighted by Gasteiger charge is -2.19. The van der Waals surface area contributed by atoms with Crippen LogP contribution in [-0.4, -0.2) is 95.9 Å². The number of nitrogens with zero attached hydrogens (tertiary/aromatic N) is 4. The molecule has 0 bridgehead atoms. The predicted molar refractivity (Wildman–Crippen MR) is 174 cm³/mol. The van der Waals surface area contributed by atoms with Crippen molar-refractivity contribution >= 4 is 34.7 Å². The number of nitrogens with two attached hydrogens (primary N) is 1. The third-order valence-corrected chi connectivity index (χ3v) is 9.01. The minimum atomic E-state index is -1.36. The number of imidazole rings is 1. The summed E-state index contributed by atoms with van der Waals surface area (Å²) in [6, 6.07) is 6.57. The van der Waals surface area contributed by atoms with Gasteiger partial charge in [0.2, 0.25) is 0 Å². The van der Waals surface area contributed by atoms with Crippen LogP contribution in [-0.2, 0) is 9.47 Å². The van der Waals surface area contributed by atoms with E-state index in [9.17, 15) is 25.2 Å². The zero-order chi connectivity index (χ0) is 32.9. The molecule has 0 spiro atoms. The number of carbonyl (C=O) groups excluding carboxylic acids is 1. The summed E-state index contributed by atoms with van der Waals surface area (Å²) >= 11 is 1.15. The summed E-state index contributed by atoms with van der Waals surface area (Å²) in [5, 5.41) is 41.4. The Balaban J connectivity index is 1.20. The molecular weight excluding hydrogens is 614 g/mol. The van der Waals surface area contributed by atoms with Gasteiger partial charge in [-0.15, -0.1) is 0 Å². The normalized spacial score (nSPS) is 20.3. The number of esters is 1. The molecule has 6 N–H and O–H groups in total. The minimum absolute atomic E-state index is 0.0362. The van der Waals surface area contributed by atoms with Crippen LogP contribution in [0.4, 0.5) is 5.82 Å². The number of rotatable bonds is 20. The monoisotopic (exact) mass is 661 g/mol. The van der Waals surface area contributed by atoms with Gasteiger partial charge in [-0.1, -0.05) is 76.5 Å². The van der Waals surface area contributed by atoms with Gasteiger partial charge < -0.3 is 40.4 Å². The fraction of sp³-hybridized carbons (Fsp3) is 0.625. The van der Waals surface area contributed by atoms with Crippen molar-refractivity contribution in [3.63, 3.8) is 0 Å². The molecule has 0 amide bonds. The highest BCUT2D eigenvalue weighted by Gasteiger charge is 2.45. The predicted octanol–water partition coefficient (Wildman–Crippen LogP) is 3.63. The van der Waals surface area contributed by atoms with Gasteiger partial charge in [0.25, 0.3) is 0 Å². The smallest absolute Gasteiger partial charge is 0.338 e. The van der Waals surface area contributed by atoms with Crippen molar-refractivity contribution < 1.29 is 39.4 Å². The number of unbranched alkanes of at least 4 members (excludes halogenated alkanes) is 9. The summed E-state index contributed by atoms with van der Waals surface area (Å²) in [6.07, 6.45) is 7.73. The number of benzene rings is 1. The molecule has 1 aliphatic rings. The number of anilines is 1. The van der Waals surface area contributed by atoms with Crippen LogP contribution < -0.4 is 10.5 Å². The Kier molecular flexibility index (Phi) is 14.3. The first-order valence-corrected chi connectivity index (χ1v) is 17.1. The highest BCUT2D eigenvalue weighted by Crippen LogP contribution is 2.36. The fourth-order valence-corrected chi connectivity index (χ4v) is 6.19. The second-order valence-corrected chi connectivity index (χ2v) is 12.5. The van der Waals surface area contributed by atoms with Crippen LogP contribution in [0.2, 0.25) is 0 Å². The summed E-state index contributed by atoms with van der Waals surface area (Å²) in [7, 11) is 0. The highest BCUT2D eigenvalue weighted by molar-refractivity contribution is 7.99. The number of fused-ring (bicyclic) bond motifs is 1. The minimum Gasteiger partial charge on any atom is -0.491 e. The third kappa shape index (κ3) is 9.75. The molecule has 3 heterocycles. The molecule has 0 saturated carbocycles. The van der Waals surface area contributed by atoms with Crippen molar-refractivity contribution in [3.05, 3.63) is 36.2 Å². The molecule has 254 valence electrons. The van der Waals surface area contributed by atoms with Gasteiger partial charge >= 0.3 is 5.97 Å². The van der Waals surface area contributed by atoms with Crippen LogP contribution in [0.1, 0.15) is 87.7 Å². The van der Waals surface area contributed by atoms with Crippen LogP contribution in [0.5, 0.6) is 5.75 Å². The Morgan fingerprint density at radius 3 is 2.35 bits per heavy atom. The van der Waals surface area contributed by atoms with Gasteiger partial charge in [-0.3, -0.25) is 4.57 Å². The fourth-order valence-electron chi connectivity index (χ4n) is 5.27. The second kappa shape index (κ2) is 18.4. The lowest BCUT2D eigenvalue weighted by atomic mass is 10.1. The molecule has 1 fully saturated rings. The molecule has 13 nitrogen and oxygen atoms in total. The van der Waals surface area contributed by atoms with Crippen LogP contribution in [0.3, 0.4) is 0 Å². The zero-order valence-corrected chi connectivity index (χ0v) is 27.2. The van der Waals surface area contributed by atoms with Crippen molar-refractivity contribution in [2.24, 2.45) is 0 Å². The van der Waals surface area contributed by atoms with Crippen molar-refractivity contribution in [3.8, 4) is 5.75 Å². The Labute approximate surface area is 273 Å². The van der Waals surface area contributed by atoms with Gasteiger partial charge in [0.05, 0.1) is 24.9 Å². The van der Waals surface area contributed by atoms with Crippen LogP contribution >= 0.6 is 11.8 Å². The van der Waals surface area contributed by atoms with E-state index in [1.54, 1.807) is 24.3 Å². The number of carbonyl (C=O) groups is 1. The van der Waals surface area contributed by atoms with Gasteiger partial charge in [0, 0.05) is 5.75 Å². The maximum absolute atomic E-state index is 12.4. The molecule has 4 rings (SSSR count). The van der Waals surface area contributed by atoms with E-state index >= 15 is 0 Å². The van der Waals surface area contributed by atoms with Crippen molar-refractivity contribution in [2.75, 3.05) is 31.3 Å². The van der Waals surface area contributed by atoms with E-state index in [1.165, 1.54) is 55.8 Å². The largest absolute Gasteiger partial charge is 0.491 e. The Hall–Kier alpha value is -3.01. The number of hydrogen-bond acceptors (Lipinski definition) is 13. The number of aromatic nitrogens is 4. The molecule has 2 aromatic heterocycles. The first-order chi connectivity index (χ1) is 22.3. The van der Waals surface area contributed by atoms with E-state index in [0.717, 1.165) is 31.0 Å². The molecule has 1 aromatic carbocycles. The van der Waals surface area contributed by atoms with Gasteiger partial charge in [-0.2, -0.15) is 0 Å². The SMILES string of the molecule is CCCCCCCCCCCCOC(=O)c1ccc(OCC(O)CSc2nc3c(N)ncnc3n2[C@@H]2O[C@H](CO)[C@@H](O)[C@H]2O)cc1. The molecule has 3 aromatic rings. The molecule has 1 saturated heterocycles. The Bertz CT molecular complexity index is 1360. The quantitative estimate of drug-likeness (QED) is 0.0670. The molecule has 14 heteroatoms. The molecule has 1 unspecified atom stereocenters. The molecular formula is C32H47N5O8S. The van der Waals surface area contributed by atoms with Gasteiger partial charge in [0.15, 0.2) is 28.4 Å². The number of thioether (sulfide) groups is 1. The lowest BCUT2D eigenvalue weighted by Crippen LogP contribution is -2.33. The van der Waals surface area contributed by atoms with Crippen LogP contribution in [0.25, 0.3) is 11.2 Å². The van der Waals surface area contributed by atoms with Gasteiger partial charge in [-0.05, 0) is 30.7 Å². The molecule has 0 aliphatic carbocycles. The average molecular weight is 662 g/mol. The lowest BCUT2D eigenvalue weighted by molar-refractivity contribution is -0.0548. The number of aliphatic hydroxyl groups excluding tert-OH is 4. The topological polar surface area (TPSA) is 195 Å². The van der Waals surface area contributed by atoms with Crippen LogP contribution in [0.15, 0.2) is 35.7 Å². The van der Waals surface area contributed by atoms with E-state index in [1.807, 2.05) is 0 Å². The number of nitrogen functional groups attached to an aromatic ring is 1. The number of ether oxygens (including phenoxy) is 3. The molecule has 0 radical (unpaired) electrons. The summed E-state index contributed by atoms with van der Waals surface area (Å²) in [5.74, 6) is 0.375. The van der Waals surface area contributed by atoms with E-state index < -0.39 is 37.3 Å². The third-order valence-electron chi connectivity index (χ3n) is 7.91. The highest BCUT2D eigenvalue weighted by atomic mass is 32.2. The summed E-state index contributed by atoms with van der Waals surface area (Å²) in [5.41, 5.74) is 6.97.